The van der Waals surface area contributed by atoms with E-state index < -0.39 is 10.0 Å². The molecule has 1 saturated heterocycles. The zero-order valence-electron chi connectivity index (χ0n) is 15.6. The largest absolute Gasteiger partial charge is 0.356 e. The molecule has 1 N–H and O–H groups in total. The van der Waals surface area contributed by atoms with Gasteiger partial charge in [0, 0.05) is 26.6 Å². The van der Waals surface area contributed by atoms with Crippen LogP contribution in [0, 0.1) is 5.92 Å². The molecule has 1 fully saturated rings. The van der Waals surface area contributed by atoms with Gasteiger partial charge in [-0.05, 0) is 54.2 Å². The molecule has 2 heterocycles. The Balaban J connectivity index is 1.48. The maximum absolute atomic E-state index is 12.6. The van der Waals surface area contributed by atoms with Crippen molar-refractivity contribution in [3.63, 3.8) is 0 Å². The topological polar surface area (TPSA) is 66.5 Å². The minimum Gasteiger partial charge on any atom is -0.356 e. The highest BCUT2D eigenvalue weighted by molar-refractivity contribution is 7.91. The van der Waals surface area contributed by atoms with Crippen LogP contribution in [-0.4, -0.2) is 38.3 Å². The quantitative estimate of drug-likeness (QED) is 0.768. The third-order valence-electron chi connectivity index (χ3n) is 5.00. The Morgan fingerprint density at radius 1 is 1.15 bits per heavy atom. The predicted octanol–water partition coefficient (Wildman–Crippen LogP) is 3.07. The second-order valence-corrected chi connectivity index (χ2v) is 10.1. The standard InChI is InChI=1S/C20H26N2O3S2/c1-16(23)21-11-8-17-4-6-18(7-5-17)15-19-9-12-22(13-10-19)27(24,25)20-3-2-14-26-20/h2-7,14,19H,8-13,15H2,1H3,(H,21,23). The van der Waals surface area contributed by atoms with Crippen LogP contribution in [0.5, 0.6) is 0 Å². The molecule has 1 aromatic carbocycles. The minimum absolute atomic E-state index is 0.000875. The summed E-state index contributed by atoms with van der Waals surface area (Å²) in [6, 6.07) is 12.0. The highest BCUT2D eigenvalue weighted by Crippen LogP contribution is 2.28. The molecule has 0 saturated carbocycles. The van der Waals surface area contributed by atoms with Crippen molar-refractivity contribution in [3.05, 3.63) is 52.9 Å². The van der Waals surface area contributed by atoms with E-state index in [0.29, 0.717) is 29.8 Å². The molecule has 3 rings (SSSR count). The summed E-state index contributed by atoms with van der Waals surface area (Å²) in [5, 5.41) is 4.61. The maximum atomic E-state index is 12.6. The smallest absolute Gasteiger partial charge is 0.252 e. The van der Waals surface area contributed by atoms with E-state index in [4.69, 9.17) is 0 Å². The Labute approximate surface area is 165 Å². The van der Waals surface area contributed by atoms with Crippen molar-refractivity contribution in [2.45, 2.75) is 36.8 Å². The van der Waals surface area contributed by atoms with E-state index in [2.05, 4.69) is 29.6 Å². The van der Waals surface area contributed by atoms with Crippen molar-refractivity contribution in [2.24, 2.45) is 5.92 Å². The van der Waals surface area contributed by atoms with Crippen LogP contribution < -0.4 is 5.32 Å². The van der Waals surface area contributed by atoms with E-state index in [9.17, 15) is 13.2 Å². The number of hydrogen-bond acceptors (Lipinski definition) is 4. The van der Waals surface area contributed by atoms with Crippen molar-refractivity contribution in [3.8, 4) is 0 Å². The van der Waals surface area contributed by atoms with Gasteiger partial charge < -0.3 is 5.32 Å². The molecule has 1 aromatic heterocycles. The fourth-order valence-corrected chi connectivity index (χ4v) is 6.06. The maximum Gasteiger partial charge on any atom is 0.252 e. The van der Waals surface area contributed by atoms with Crippen molar-refractivity contribution >= 4 is 27.3 Å². The SMILES string of the molecule is CC(=O)NCCc1ccc(CC2CCN(S(=O)(=O)c3cccs3)CC2)cc1. The summed E-state index contributed by atoms with van der Waals surface area (Å²) in [5.74, 6) is 0.518. The number of nitrogens with zero attached hydrogens (tertiary/aromatic N) is 1. The van der Waals surface area contributed by atoms with Gasteiger partial charge in [0.2, 0.25) is 5.91 Å². The lowest BCUT2D eigenvalue weighted by molar-refractivity contribution is -0.118. The minimum atomic E-state index is -3.31. The summed E-state index contributed by atoms with van der Waals surface area (Å²) in [6.07, 6.45) is 3.61. The number of nitrogens with one attached hydrogen (secondary N) is 1. The molecule has 1 amide bonds. The predicted molar refractivity (Wildman–Crippen MR) is 108 cm³/mol. The Morgan fingerprint density at radius 3 is 2.41 bits per heavy atom. The second kappa shape index (κ2) is 8.99. The molecule has 0 aliphatic carbocycles. The van der Waals surface area contributed by atoms with Crippen molar-refractivity contribution in [2.75, 3.05) is 19.6 Å². The summed E-state index contributed by atoms with van der Waals surface area (Å²) < 4.78 is 27.2. The van der Waals surface area contributed by atoms with Crippen LogP contribution in [0.15, 0.2) is 46.0 Å². The molecule has 0 bridgehead atoms. The van der Waals surface area contributed by atoms with Gasteiger partial charge in [0.05, 0.1) is 0 Å². The second-order valence-electron chi connectivity index (χ2n) is 7.03. The number of carbonyl (C=O) groups is 1. The fourth-order valence-electron chi connectivity index (χ4n) is 3.45. The van der Waals surface area contributed by atoms with Gasteiger partial charge >= 0.3 is 0 Å². The van der Waals surface area contributed by atoms with Crippen LogP contribution in [0.4, 0.5) is 0 Å². The summed E-state index contributed by atoms with van der Waals surface area (Å²) >= 11 is 1.28. The highest BCUT2D eigenvalue weighted by Gasteiger charge is 2.29. The first-order valence-corrected chi connectivity index (χ1v) is 11.6. The third kappa shape index (κ3) is 5.40. The van der Waals surface area contributed by atoms with E-state index >= 15 is 0 Å². The monoisotopic (exact) mass is 406 g/mol. The summed E-state index contributed by atoms with van der Waals surface area (Å²) in [7, 11) is -3.31. The van der Waals surface area contributed by atoms with Crippen LogP contribution in [-0.2, 0) is 27.7 Å². The van der Waals surface area contributed by atoms with Gasteiger partial charge in [0.25, 0.3) is 10.0 Å². The van der Waals surface area contributed by atoms with Gasteiger partial charge in [-0.2, -0.15) is 4.31 Å². The van der Waals surface area contributed by atoms with E-state index in [1.807, 2.05) is 0 Å². The Bertz CT molecular complexity index is 838. The number of benzene rings is 1. The molecule has 2 aromatic rings. The van der Waals surface area contributed by atoms with E-state index in [0.717, 1.165) is 25.7 Å². The first-order chi connectivity index (χ1) is 12.9. The average Bonchev–Trinajstić information content (AvgIpc) is 3.19. The number of rotatable bonds is 7. The Hall–Kier alpha value is -1.70. The molecular formula is C20H26N2O3S2. The van der Waals surface area contributed by atoms with Crippen LogP contribution in [0.25, 0.3) is 0 Å². The molecule has 27 heavy (non-hydrogen) atoms. The number of thiophene rings is 1. The lowest BCUT2D eigenvalue weighted by Crippen LogP contribution is -2.38. The summed E-state index contributed by atoms with van der Waals surface area (Å²) in [5.41, 5.74) is 2.50. The molecule has 7 heteroatoms. The first kappa shape index (κ1) is 20.0. The van der Waals surface area contributed by atoms with Crippen molar-refractivity contribution in [1.29, 1.82) is 0 Å². The molecule has 0 unspecified atom stereocenters. The van der Waals surface area contributed by atoms with Crippen LogP contribution in [0.3, 0.4) is 0 Å². The molecule has 146 valence electrons. The van der Waals surface area contributed by atoms with E-state index in [-0.39, 0.29) is 5.91 Å². The highest BCUT2D eigenvalue weighted by atomic mass is 32.2. The van der Waals surface area contributed by atoms with Crippen LogP contribution in [0.1, 0.15) is 30.9 Å². The van der Waals surface area contributed by atoms with E-state index in [1.165, 1.54) is 29.4 Å². The molecule has 1 aliphatic heterocycles. The van der Waals surface area contributed by atoms with Crippen molar-refractivity contribution < 1.29 is 13.2 Å². The fraction of sp³-hybridized carbons (Fsp3) is 0.450. The third-order valence-corrected chi connectivity index (χ3v) is 8.27. The molecule has 0 atom stereocenters. The lowest BCUT2D eigenvalue weighted by Gasteiger charge is -2.30. The number of sulfonamides is 1. The summed E-state index contributed by atoms with van der Waals surface area (Å²) in [6.45, 7) is 3.38. The molecular weight excluding hydrogens is 380 g/mol. The van der Waals surface area contributed by atoms with Gasteiger partial charge in [0.15, 0.2) is 0 Å². The average molecular weight is 407 g/mol. The van der Waals surface area contributed by atoms with Gasteiger partial charge in [-0.25, -0.2) is 8.42 Å². The Morgan fingerprint density at radius 2 is 1.81 bits per heavy atom. The van der Waals surface area contributed by atoms with Gasteiger partial charge in [-0.3, -0.25) is 4.79 Å². The van der Waals surface area contributed by atoms with Gasteiger partial charge in [0.1, 0.15) is 4.21 Å². The van der Waals surface area contributed by atoms with Crippen LogP contribution in [0.2, 0.25) is 0 Å². The molecule has 5 nitrogen and oxygen atoms in total. The summed E-state index contributed by atoms with van der Waals surface area (Å²) in [4.78, 5) is 10.9. The number of piperidine rings is 1. The molecule has 0 spiro atoms. The number of amides is 1. The zero-order valence-corrected chi connectivity index (χ0v) is 17.2. The zero-order chi connectivity index (χ0) is 19.3. The first-order valence-electron chi connectivity index (χ1n) is 9.31. The molecule has 1 aliphatic rings. The van der Waals surface area contributed by atoms with E-state index in [1.54, 1.807) is 21.8 Å². The normalized spacial score (nSPS) is 16.3. The van der Waals surface area contributed by atoms with Crippen LogP contribution >= 0.6 is 11.3 Å². The number of carbonyl (C=O) groups excluding carboxylic acids is 1. The molecule has 0 radical (unpaired) electrons. The van der Waals surface area contributed by atoms with Gasteiger partial charge in [-0.1, -0.05) is 30.3 Å². The Kier molecular flexibility index (Phi) is 6.68. The number of hydrogen-bond donors (Lipinski definition) is 1. The van der Waals surface area contributed by atoms with Gasteiger partial charge in [-0.15, -0.1) is 11.3 Å². The van der Waals surface area contributed by atoms with Crippen molar-refractivity contribution in [1.82, 2.24) is 9.62 Å². The lowest BCUT2D eigenvalue weighted by atomic mass is 9.90.